The van der Waals surface area contributed by atoms with Crippen molar-refractivity contribution < 1.29 is 0 Å². The number of rotatable bonds is 1. The number of halogens is 2. The van der Waals surface area contributed by atoms with E-state index in [1.165, 1.54) is 0 Å². The molecule has 0 radical (unpaired) electrons. The first-order valence-corrected chi connectivity index (χ1v) is 3.32. The van der Waals surface area contributed by atoms with Gasteiger partial charge in [-0.15, -0.1) is 12.4 Å². The second-order valence-corrected chi connectivity index (χ2v) is 2.33. The Morgan fingerprint density at radius 3 is 2.58 bits per heavy atom. The molecule has 0 aliphatic carbocycles. The maximum atomic E-state index is 8.60. The van der Waals surface area contributed by atoms with Gasteiger partial charge in [0.1, 0.15) is 6.07 Å². The predicted octanol–water partition coefficient (Wildman–Crippen LogP) is 1.92. The average Bonchev–Trinajstić information content (AvgIpc) is 2.04. The zero-order valence-electron chi connectivity index (χ0n) is 6.04. The topological polar surface area (TPSA) is 61.8 Å². The van der Waals surface area contributed by atoms with Gasteiger partial charge in [-0.2, -0.15) is 5.26 Å². The molecule has 0 aliphatic heterocycles. The SMILES string of the molecule is Cl.N#Cc1c(Cl)cccc1NN. The van der Waals surface area contributed by atoms with Gasteiger partial charge in [-0.25, -0.2) is 0 Å². The molecule has 1 rings (SSSR count). The highest BCUT2D eigenvalue weighted by Crippen LogP contribution is 2.21. The van der Waals surface area contributed by atoms with Crippen LogP contribution in [0, 0.1) is 11.3 Å². The molecule has 0 unspecified atom stereocenters. The van der Waals surface area contributed by atoms with E-state index in [0.717, 1.165) is 0 Å². The van der Waals surface area contributed by atoms with Gasteiger partial charge in [-0.3, -0.25) is 5.84 Å². The van der Waals surface area contributed by atoms with Crippen LogP contribution in [0.25, 0.3) is 0 Å². The lowest BCUT2D eigenvalue weighted by Crippen LogP contribution is -2.08. The number of nitriles is 1. The van der Waals surface area contributed by atoms with E-state index < -0.39 is 0 Å². The summed E-state index contributed by atoms with van der Waals surface area (Å²) in [5.74, 6) is 5.14. The van der Waals surface area contributed by atoms with E-state index in [1.54, 1.807) is 18.2 Å². The third-order valence-corrected chi connectivity index (χ3v) is 1.60. The molecule has 0 bridgehead atoms. The summed E-state index contributed by atoms with van der Waals surface area (Å²) in [4.78, 5) is 0. The minimum absolute atomic E-state index is 0. The number of hydrogen-bond donors (Lipinski definition) is 2. The Hall–Kier alpha value is -0.950. The van der Waals surface area contributed by atoms with Gasteiger partial charge in [0.15, 0.2) is 0 Å². The second-order valence-electron chi connectivity index (χ2n) is 1.92. The van der Waals surface area contributed by atoms with Crippen molar-refractivity contribution in [1.82, 2.24) is 0 Å². The largest absolute Gasteiger partial charge is 0.323 e. The molecule has 3 nitrogen and oxygen atoms in total. The molecule has 0 heterocycles. The fraction of sp³-hybridized carbons (Fsp3) is 0. The Labute approximate surface area is 81.5 Å². The fourth-order valence-corrected chi connectivity index (χ4v) is 0.975. The molecule has 12 heavy (non-hydrogen) atoms. The number of benzene rings is 1. The monoisotopic (exact) mass is 203 g/mol. The smallest absolute Gasteiger partial charge is 0.103 e. The van der Waals surface area contributed by atoms with Gasteiger partial charge in [-0.1, -0.05) is 17.7 Å². The zero-order valence-corrected chi connectivity index (χ0v) is 7.62. The summed E-state index contributed by atoms with van der Waals surface area (Å²) in [6.07, 6.45) is 0. The van der Waals surface area contributed by atoms with Gasteiger partial charge >= 0.3 is 0 Å². The van der Waals surface area contributed by atoms with Crippen molar-refractivity contribution in [2.45, 2.75) is 0 Å². The Balaban J connectivity index is 0.00000121. The molecule has 64 valence electrons. The molecule has 1 aromatic carbocycles. The standard InChI is InChI=1S/C7H6ClN3.ClH/c8-6-2-1-3-7(11-10)5(6)4-9;/h1-3,11H,10H2;1H. The molecular weight excluding hydrogens is 197 g/mol. The van der Waals surface area contributed by atoms with Gasteiger partial charge in [0.25, 0.3) is 0 Å². The van der Waals surface area contributed by atoms with Gasteiger partial charge < -0.3 is 5.43 Å². The van der Waals surface area contributed by atoms with Crippen molar-refractivity contribution in [2.24, 2.45) is 5.84 Å². The quantitative estimate of drug-likeness (QED) is 0.542. The van der Waals surface area contributed by atoms with Crippen LogP contribution in [0.1, 0.15) is 5.56 Å². The number of nitrogens with one attached hydrogen (secondary N) is 1. The van der Waals surface area contributed by atoms with E-state index in [-0.39, 0.29) is 12.4 Å². The summed E-state index contributed by atoms with van der Waals surface area (Å²) in [6, 6.07) is 6.99. The van der Waals surface area contributed by atoms with Crippen LogP contribution in [0.5, 0.6) is 0 Å². The van der Waals surface area contributed by atoms with Crippen LogP contribution in [0.3, 0.4) is 0 Å². The molecule has 0 saturated carbocycles. The Morgan fingerprint density at radius 2 is 2.17 bits per heavy atom. The molecule has 0 spiro atoms. The molecule has 5 heteroatoms. The molecule has 1 aromatic rings. The van der Waals surface area contributed by atoms with Crippen molar-refractivity contribution in [3.63, 3.8) is 0 Å². The zero-order chi connectivity index (χ0) is 8.27. The van der Waals surface area contributed by atoms with Crippen LogP contribution >= 0.6 is 24.0 Å². The van der Waals surface area contributed by atoms with Gasteiger partial charge in [0, 0.05) is 0 Å². The number of hydrazine groups is 1. The highest BCUT2D eigenvalue weighted by molar-refractivity contribution is 6.32. The lowest BCUT2D eigenvalue weighted by molar-refractivity contribution is 1.33. The van der Waals surface area contributed by atoms with E-state index in [2.05, 4.69) is 5.43 Å². The van der Waals surface area contributed by atoms with E-state index in [4.69, 9.17) is 22.7 Å². The van der Waals surface area contributed by atoms with Gasteiger partial charge in [0.2, 0.25) is 0 Å². The molecule has 0 aromatic heterocycles. The fourth-order valence-electron chi connectivity index (χ4n) is 0.758. The Morgan fingerprint density at radius 1 is 1.50 bits per heavy atom. The van der Waals surface area contributed by atoms with Crippen LogP contribution in [0.2, 0.25) is 5.02 Å². The Kier molecular flexibility index (Phi) is 4.45. The lowest BCUT2D eigenvalue weighted by atomic mass is 10.2. The van der Waals surface area contributed by atoms with Crippen LogP contribution < -0.4 is 11.3 Å². The Bertz CT molecular complexity index is 306. The summed E-state index contributed by atoms with van der Waals surface area (Å²) in [5.41, 5.74) is 3.29. The normalized spacial score (nSPS) is 8.08. The lowest BCUT2D eigenvalue weighted by Gasteiger charge is -2.02. The molecule has 3 N–H and O–H groups in total. The van der Waals surface area contributed by atoms with E-state index in [0.29, 0.717) is 16.3 Å². The number of hydrogen-bond acceptors (Lipinski definition) is 3. The van der Waals surface area contributed by atoms with Crippen LogP contribution in [-0.4, -0.2) is 0 Å². The van der Waals surface area contributed by atoms with Crippen LogP contribution in [0.4, 0.5) is 5.69 Å². The first-order chi connectivity index (χ1) is 5.29. The maximum absolute atomic E-state index is 8.60. The second kappa shape index (κ2) is 4.83. The third-order valence-electron chi connectivity index (χ3n) is 1.28. The number of nitrogens with zero attached hydrogens (tertiary/aromatic N) is 1. The van der Waals surface area contributed by atoms with Crippen molar-refractivity contribution >= 4 is 29.7 Å². The van der Waals surface area contributed by atoms with Crippen molar-refractivity contribution in [3.8, 4) is 6.07 Å². The van der Waals surface area contributed by atoms with Gasteiger partial charge in [-0.05, 0) is 12.1 Å². The first-order valence-electron chi connectivity index (χ1n) is 2.95. The summed E-state index contributed by atoms with van der Waals surface area (Å²) < 4.78 is 0. The minimum Gasteiger partial charge on any atom is -0.323 e. The molecule has 0 atom stereocenters. The molecular formula is C7H7Cl2N3. The summed E-state index contributed by atoms with van der Waals surface area (Å²) in [5, 5.41) is 9.01. The van der Waals surface area contributed by atoms with E-state index >= 15 is 0 Å². The first kappa shape index (κ1) is 11.1. The molecule has 0 aliphatic rings. The molecule has 0 saturated heterocycles. The van der Waals surface area contributed by atoms with Crippen LogP contribution in [-0.2, 0) is 0 Å². The number of anilines is 1. The van der Waals surface area contributed by atoms with Crippen molar-refractivity contribution in [2.75, 3.05) is 5.43 Å². The van der Waals surface area contributed by atoms with E-state index in [1.807, 2.05) is 6.07 Å². The molecule has 0 fully saturated rings. The maximum Gasteiger partial charge on any atom is 0.103 e. The van der Waals surface area contributed by atoms with E-state index in [9.17, 15) is 0 Å². The average molecular weight is 204 g/mol. The highest BCUT2D eigenvalue weighted by atomic mass is 35.5. The number of nitrogen functional groups attached to an aromatic ring is 1. The van der Waals surface area contributed by atoms with Crippen LogP contribution in [0.15, 0.2) is 18.2 Å². The molecule has 0 amide bonds. The third kappa shape index (κ3) is 2.02. The van der Waals surface area contributed by atoms with Crippen molar-refractivity contribution in [3.05, 3.63) is 28.8 Å². The highest BCUT2D eigenvalue weighted by Gasteiger charge is 2.02. The summed E-state index contributed by atoms with van der Waals surface area (Å²) >= 11 is 5.69. The summed E-state index contributed by atoms with van der Waals surface area (Å²) in [7, 11) is 0. The van der Waals surface area contributed by atoms with Crippen molar-refractivity contribution in [1.29, 1.82) is 5.26 Å². The van der Waals surface area contributed by atoms with Gasteiger partial charge in [0.05, 0.1) is 16.3 Å². The summed E-state index contributed by atoms with van der Waals surface area (Å²) in [6.45, 7) is 0. The minimum atomic E-state index is 0. The number of nitrogens with two attached hydrogens (primary N) is 1. The predicted molar refractivity (Wildman–Crippen MR) is 51.2 cm³/mol.